The third-order valence-electron chi connectivity index (χ3n) is 4.36. The lowest BCUT2D eigenvalue weighted by Crippen LogP contribution is -2.39. The Hall–Kier alpha value is -2.89. The van der Waals surface area contributed by atoms with Gasteiger partial charge in [-0.15, -0.1) is 0 Å². The zero-order valence-corrected chi connectivity index (χ0v) is 13.8. The molecule has 6 heteroatoms. The number of methoxy groups -OCH3 is 1. The van der Waals surface area contributed by atoms with Crippen molar-refractivity contribution < 1.29 is 18.7 Å². The molecule has 0 aliphatic heterocycles. The van der Waals surface area contributed by atoms with E-state index in [4.69, 9.17) is 4.74 Å². The van der Waals surface area contributed by atoms with E-state index in [-0.39, 0.29) is 24.2 Å². The van der Waals surface area contributed by atoms with Crippen LogP contribution in [0.4, 0.5) is 10.1 Å². The molecule has 2 aromatic carbocycles. The molecule has 0 heterocycles. The van der Waals surface area contributed by atoms with Gasteiger partial charge in [0.1, 0.15) is 17.0 Å². The number of hydrogen-bond donors (Lipinski definition) is 2. The first-order chi connectivity index (χ1) is 12.0. The van der Waals surface area contributed by atoms with Crippen LogP contribution in [0.1, 0.15) is 18.4 Å². The number of rotatable bonds is 6. The van der Waals surface area contributed by atoms with Gasteiger partial charge in [-0.25, -0.2) is 4.39 Å². The third kappa shape index (κ3) is 3.63. The van der Waals surface area contributed by atoms with Gasteiger partial charge in [0.25, 0.3) is 0 Å². The summed E-state index contributed by atoms with van der Waals surface area (Å²) in [6.45, 7) is 0.0586. The van der Waals surface area contributed by atoms with Gasteiger partial charge in [0, 0.05) is 17.8 Å². The van der Waals surface area contributed by atoms with Crippen LogP contribution in [-0.2, 0) is 16.1 Å². The largest absolute Gasteiger partial charge is 0.497 e. The van der Waals surface area contributed by atoms with E-state index in [0.29, 0.717) is 29.8 Å². The highest BCUT2D eigenvalue weighted by Gasteiger charge is 2.56. The molecule has 0 unspecified atom stereocenters. The second-order valence-corrected chi connectivity index (χ2v) is 6.04. The van der Waals surface area contributed by atoms with Crippen molar-refractivity contribution in [3.63, 3.8) is 0 Å². The minimum absolute atomic E-state index is 0.0586. The van der Waals surface area contributed by atoms with Crippen molar-refractivity contribution in [1.82, 2.24) is 5.32 Å². The van der Waals surface area contributed by atoms with Gasteiger partial charge in [0.15, 0.2) is 0 Å². The maximum Gasteiger partial charge on any atom is 0.240 e. The maximum atomic E-state index is 13.6. The summed E-state index contributed by atoms with van der Waals surface area (Å²) >= 11 is 0. The van der Waals surface area contributed by atoms with Gasteiger partial charge in [-0.1, -0.05) is 18.2 Å². The van der Waals surface area contributed by atoms with E-state index in [1.165, 1.54) is 6.07 Å². The van der Waals surface area contributed by atoms with Gasteiger partial charge < -0.3 is 15.4 Å². The second-order valence-electron chi connectivity index (χ2n) is 6.04. The molecular weight excluding hydrogens is 323 g/mol. The average molecular weight is 342 g/mol. The number of ether oxygens (including phenoxy) is 1. The van der Waals surface area contributed by atoms with Crippen molar-refractivity contribution in [2.45, 2.75) is 19.4 Å². The normalized spacial score (nSPS) is 14.5. The molecule has 0 saturated heterocycles. The number of benzene rings is 2. The molecule has 2 aromatic rings. The fourth-order valence-electron chi connectivity index (χ4n) is 2.59. The molecule has 1 fully saturated rings. The van der Waals surface area contributed by atoms with E-state index in [2.05, 4.69) is 10.6 Å². The van der Waals surface area contributed by atoms with Crippen molar-refractivity contribution in [2.75, 3.05) is 12.4 Å². The number of anilines is 1. The number of carbonyl (C=O) groups is 2. The van der Waals surface area contributed by atoms with E-state index in [9.17, 15) is 14.0 Å². The quantitative estimate of drug-likeness (QED) is 0.793. The highest BCUT2D eigenvalue weighted by atomic mass is 19.1. The Morgan fingerprint density at radius 1 is 1.08 bits per heavy atom. The molecule has 1 aliphatic rings. The zero-order valence-electron chi connectivity index (χ0n) is 13.8. The Bertz CT molecular complexity index is 786. The van der Waals surface area contributed by atoms with E-state index >= 15 is 0 Å². The molecule has 2 amide bonds. The summed E-state index contributed by atoms with van der Waals surface area (Å²) < 4.78 is 18.7. The predicted molar refractivity (Wildman–Crippen MR) is 91.5 cm³/mol. The maximum absolute atomic E-state index is 13.6. The van der Waals surface area contributed by atoms with Gasteiger partial charge in [-0.3, -0.25) is 9.59 Å². The molecule has 1 saturated carbocycles. The minimum atomic E-state index is -1.06. The summed E-state index contributed by atoms with van der Waals surface area (Å²) in [5.74, 6) is -0.414. The molecule has 1 aliphatic carbocycles. The lowest BCUT2D eigenvalue weighted by Gasteiger charge is -2.16. The Labute approximate surface area is 145 Å². The Kier molecular flexibility index (Phi) is 4.70. The van der Waals surface area contributed by atoms with Gasteiger partial charge in [-0.05, 0) is 43.2 Å². The SMILES string of the molecule is COc1ccc(NC(=O)C2(C(=O)NCc3ccccc3F)CC2)cc1. The number of halogens is 1. The van der Waals surface area contributed by atoms with Crippen LogP contribution in [0.5, 0.6) is 5.75 Å². The minimum Gasteiger partial charge on any atom is -0.497 e. The third-order valence-corrected chi connectivity index (χ3v) is 4.36. The Morgan fingerprint density at radius 2 is 1.76 bits per heavy atom. The molecule has 0 bridgehead atoms. The van der Waals surface area contributed by atoms with Crippen LogP contribution < -0.4 is 15.4 Å². The van der Waals surface area contributed by atoms with Crippen LogP contribution in [-0.4, -0.2) is 18.9 Å². The van der Waals surface area contributed by atoms with E-state index in [1.54, 1.807) is 49.6 Å². The molecule has 2 N–H and O–H groups in total. The van der Waals surface area contributed by atoms with Crippen molar-refractivity contribution in [2.24, 2.45) is 5.41 Å². The number of hydrogen-bond acceptors (Lipinski definition) is 3. The second kappa shape index (κ2) is 6.93. The lowest BCUT2D eigenvalue weighted by atomic mass is 10.0. The van der Waals surface area contributed by atoms with Crippen LogP contribution in [0.25, 0.3) is 0 Å². The van der Waals surface area contributed by atoms with E-state index in [1.807, 2.05) is 0 Å². The van der Waals surface area contributed by atoms with Crippen LogP contribution in [0.3, 0.4) is 0 Å². The number of carbonyl (C=O) groups excluding carboxylic acids is 2. The van der Waals surface area contributed by atoms with Gasteiger partial charge in [-0.2, -0.15) is 0 Å². The standard InChI is InChI=1S/C19H19FN2O3/c1-25-15-8-6-14(7-9-15)22-18(24)19(10-11-19)17(23)21-12-13-4-2-3-5-16(13)20/h2-9H,10-12H2,1H3,(H,21,23)(H,22,24). The van der Waals surface area contributed by atoms with Crippen LogP contribution in [0.2, 0.25) is 0 Å². The first-order valence-electron chi connectivity index (χ1n) is 8.02. The molecular formula is C19H19FN2O3. The Balaban J connectivity index is 1.61. The topological polar surface area (TPSA) is 67.4 Å². The molecule has 0 radical (unpaired) electrons. The fraction of sp³-hybridized carbons (Fsp3) is 0.263. The van der Waals surface area contributed by atoms with E-state index < -0.39 is 5.41 Å². The van der Waals surface area contributed by atoms with Crippen LogP contribution in [0.15, 0.2) is 48.5 Å². The molecule has 0 atom stereocenters. The number of amides is 2. The van der Waals surface area contributed by atoms with Crippen LogP contribution in [0, 0.1) is 11.2 Å². The van der Waals surface area contributed by atoms with Crippen molar-refractivity contribution in [1.29, 1.82) is 0 Å². The fourth-order valence-corrected chi connectivity index (χ4v) is 2.59. The highest BCUT2D eigenvalue weighted by Crippen LogP contribution is 2.47. The summed E-state index contributed by atoms with van der Waals surface area (Å²) in [5, 5.41) is 5.42. The summed E-state index contributed by atoms with van der Waals surface area (Å²) in [5.41, 5.74) is -0.0771. The molecule has 25 heavy (non-hydrogen) atoms. The molecule has 130 valence electrons. The average Bonchev–Trinajstić information content (AvgIpc) is 3.43. The van der Waals surface area contributed by atoms with Crippen molar-refractivity contribution >= 4 is 17.5 Å². The first kappa shape index (κ1) is 17.0. The highest BCUT2D eigenvalue weighted by molar-refractivity contribution is 6.13. The summed E-state index contributed by atoms with van der Waals surface area (Å²) in [4.78, 5) is 24.9. The van der Waals surface area contributed by atoms with Crippen LogP contribution >= 0.6 is 0 Å². The number of nitrogens with one attached hydrogen (secondary N) is 2. The summed E-state index contributed by atoms with van der Waals surface area (Å²) in [6.07, 6.45) is 0.968. The van der Waals surface area contributed by atoms with Crippen molar-refractivity contribution in [3.05, 3.63) is 59.9 Å². The molecule has 5 nitrogen and oxygen atoms in total. The zero-order chi connectivity index (χ0) is 17.9. The van der Waals surface area contributed by atoms with Gasteiger partial charge in [0.05, 0.1) is 7.11 Å². The monoisotopic (exact) mass is 342 g/mol. The molecule has 3 rings (SSSR count). The molecule has 0 aromatic heterocycles. The van der Waals surface area contributed by atoms with Crippen molar-refractivity contribution in [3.8, 4) is 5.75 Å². The summed E-state index contributed by atoms with van der Waals surface area (Å²) in [6, 6.07) is 13.1. The van der Waals surface area contributed by atoms with Gasteiger partial charge >= 0.3 is 0 Å². The molecule has 0 spiro atoms. The first-order valence-corrected chi connectivity index (χ1v) is 8.02. The van der Waals surface area contributed by atoms with Gasteiger partial charge in [0.2, 0.25) is 11.8 Å². The lowest BCUT2D eigenvalue weighted by molar-refractivity contribution is -0.134. The Morgan fingerprint density at radius 3 is 2.36 bits per heavy atom. The summed E-state index contributed by atoms with van der Waals surface area (Å²) in [7, 11) is 1.56. The smallest absolute Gasteiger partial charge is 0.240 e. The van der Waals surface area contributed by atoms with E-state index in [0.717, 1.165) is 0 Å². The predicted octanol–water partition coefficient (Wildman–Crippen LogP) is 2.87.